The van der Waals surface area contributed by atoms with Gasteiger partial charge in [-0.1, -0.05) is 99.6 Å². The number of amides is 2. The van der Waals surface area contributed by atoms with E-state index < -0.39 is 28.9 Å². The van der Waals surface area contributed by atoms with E-state index >= 15 is 0 Å². The fraction of sp³-hybridized carbons (Fsp3) is 0.447. The Morgan fingerprint density at radius 2 is 1.39 bits per heavy atom. The summed E-state index contributed by atoms with van der Waals surface area (Å²) in [5.41, 5.74) is 4.53. The lowest BCUT2D eigenvalue weighted by atomic mass is 9.84. The highest BCUT2D eigenvalue weighted by Gasteiger charge is 2.36. The van der Waals surface area contributed by atoms with Crippen molar-refractivity contribution in [2.24, 2.45) is 11.3 Å². The molecule has 0 bridgehead atoms. The van der Waals surface area contributed by atoms with Gasteiger partial charge in [0.1, 0.15) is 11.6 Å². The predicted octanol–water partition coefficient (Wildman–Crippen LogP) is 7.74. The number of hydrogen-bond donors (Lipinski definition) is 2. The van der Waals surface area contributed by atoms with Crippen molar-refractivity contribution >= 4 is 17.8 Å². The van der Waals surface area contributed by atoms with Gasteiger partial charge in [-0.25, -0.2) is 0 Å². The molecule has 6 nitrogen and oxygen atoms in total. The van der Waals surface area contributed by atoms with Crippen LogP contribution in [0.4, 0.5) is 0 Å². The number of hydrogen-bond acceptors (Lipinski definition) is 4. The molecule has 0 aliphatic carbocycles. The average molecular weight is 599 g/mol. The highest BCUT2D eigenvalue weighted by atomic mass is 16.6. The summed E-state index contributed by atoms with van der Waals surface area (Å²) in [5, 5.41) is 6.08. The number of aryl methyl sites for hydroxylation is 2. The Hall–Kier alpha value is -3.93. The van der Waals surface area contributed by atoms with Crippen LogP contribution in [0.5, 0.6) is 0 Å². The highest BCUT2D eigenvalue weighted by molar-refractivity contribution is 5.90. The van der Waals surface area contributed by atoms with Gasteiger partial charge in [0, 0.05) is 5.92 Å². The molecule has 3 rings (SSSR count). The third kappa shape index (κ3) is 10.4. The van der Waals surface area contributed by atoms with E-state index in [2.05, 4.69) is 47.9 Å². The maximum Gasteiger partial charge on any atom is 0.307 e. The van der Waals surface area contributed by atoms with Gasteiger partial charge < -0.3 is 15.4 Å². The second-order valence-electron chi connectivity index (χ2n) is 13.8. The molecule has 0 aromatic heterocycles. The summed E-state index contributed by atoms with van der Waals surface area (Å²) < 4.78 is 5.60. The lowest BCUT2D eigenvalue weighted by Crippen LogP contribution is -2.55. The topological polar surface area (TPSA) is 84.5 Å². The maximum absolute atomic E-state index is 13.8. The van der Waals surface area contributed by atoms with Crippen LogP contribution in [0, 0.1) is 18.3 Å². The zero-order chi connectivity index (χ0) is 32.5. The molecule has 44 heavy (non-hydrogen) atoms. The van der Waals surface area contributed by atoms with Crippen LogP contribution in [0.25, 0.3) is 11.1 Å². The van der Waals surface area contributed by atoms with E-state index in [0.29, 0.717) is 12.8 Å². The molecule has 2 N–H and O–H groups in total. The van der Waals surface area contributed by atoms with Gasteiger partial charge in [-0.2, -0.15) is 0 Å². The number of ether oxygens (including phenoxy) is 1. The Morgan fingerprint density at radius 3 is 1.98 bits per heavy atom. The van der Waals surface area contributed by atoms with E-state index in [9.17, 15) is 14.4 Å². The van der Waals surface area contributed by atoms with Crippen LogP contribution in [-0.4, -0.2) is 29.4 Å². The number of benzene rings is 3. The van der Waals surface area contributed by atoms with Crippen molar-refractivity contribution in [3.8, 4) is 11.1 Å². The van der Waals surface area contributed by atoms with Gasteiger partial charge in [-0.15, -0.1) is 0 Å². The van der Waals surface area contributed by atoms with Crippen molar-refractivity contribution in [1.29, 1.82) is 0 Å². The molecule has 0 aliphatic heterocycles. The van der Waals surface area contributed by atoms with E-state index in [1.807, 2.05) is 97.0 Å². The molecule has 0 saturated heterocycles. The fourth-order valence-electron chi connectivity index (χ4n) is 5.46. The second-order valence-corrected chi connectivity index (χ2v) is 13.8. The van der Waals surface area contributed by atoms with Crippen molar-refractivity contribution in [1.82, 2.24) is 10.6 Å². The number of carbonyl (C=O) groups excluding carboxylic acids is 3. The Morgan fingerprint density at radius 1 is 0.773 bits per heavy atom. The Kier molecular flexibility index (Phi) is 11.9. The zero-order valence-electron chi connectivity index (χ0n) is 27.7. The van der Waals surface area contributed by atoms with Gasteiger partial charge in [0.25, 0.3) is 0 Å². The summed E-state index contributed by atoms with van der Waals surface area (Å²) in [4.78, 5) is 40.3. The first-order valence-electron chi connectivity index (χ1n) is 15.7. The van der Waals surface area contributed by atoms with Crippen LogP contribution in [0.2, 0.25) is 0 Å². The van der Waals surface area contributed by atoms with Crippen molar-refractivity contribution in [2.75, 3.05) is 0 Å². The molecular weight excluding hydrogens is 548 g/mol. The van der Waals surface area contributed by atoms with Crippen LogP contribution in [0.3, 0.4) is 0 Å². The summed E-state index contributed by atoms with van der Waals surface area (Å²) in [7, 11) is 0. The summed E-state index contributed by atoms with van der Waals surface area (Å²) in [6.07, 6.45) is 1.87. The number of carbonyl (C=O) groups is 3. The highest BCUT2D eigenvalue weighted by Crippen LogP contribution is 2.30. The molecule has 3 atom stereocenters. The molecule has 0 unspecified atom stereocenters. The van der Waals surface area contributed by atoms with E-state index in [4.69, 9.17) is 4.74 Å². The van der Waals surface area contributed by atoms with Crippen molar-refractivity contribution in [2.45, 2.75) is 98.8 Å². The molecule has 2 amide bonds. The summed E-state index contributed by atoms with van der Waals surface area (Å²) in [6.45, 7) is 15.3. The number of nitrogens with one attached hydrogen (secondary N) is 2. The Balaban J connectivity index is 1.78. The molecule has 3 aromatic carbocycles. The molecule has 0 saturated carbocycles. The standard InChI is InChI=1S/C38H50N2O4/c1-26-17-15-22-30(33(26)29-20-13-10-14-21-29)23-16-24-31(25-32(41)44-38(6,7)8)35(42)40-34(37(3,4)5)36(43)39-27(2)28-18-11-9-12-19-28/h9-15,17-22,27,31,34H,16,23-25H2,1-8H3,(H,39,43)(H,40,42)/t27-,31-,34-/m1/s1. The minimum absolute atomic E-state index is 0.0542. The van der Waals surface area contributed by atoms with E-state index in [1.165, 1.54) is 16.7 Å². The summed E-state index contributed by atoms with van der Waals surface area (Å²) >= 11 is 0. The molecule has 6 heteroatoms. The quantitative estimate of drug-likeness (QED) is 0.209. The summed E-state index contributed by atoms with van der Waals surface area (Å²) in [6, 6.07) is 25.3. The van der Waals surface area contributed by atoms with Gasteiger partial charge in [0.15, 0.2) is 0 Å². The molecule has 0 radical (unpaired) electrons. The van der Waals surface area contributed by atoms with Gasteiger partial charge in [-0.3, -0.25) is 14.4 Å². The Bertz CT molecular complexity index is 1390. The molecule has 0 aliphatic rings. The van der Waals surface area contributed by atoms with Crippen LogP contribution in [0.15, 0.2) is 78.9 Å². The third-order valence-corrected chi connectivity index (χ3v) is 7.70. The molecule has 236 valence electrons. The fourth-order valence-corrected chi connectivity index (χ4v) is 5.46. The van der Waals surface area contributed by atoms with Crippen molar-refractivity contribution in [3.05, 3.63) is 95.6 Å². The SMILES string of the molecule is Cc1cccc(CCC[C@H](CC(=O)OC(C)(C)C)C(=O)N[C@H](C(=O)N[C@H](C)c2ccccc2)C(C)(C)C)c1-c1ccccc1. The monoisotopic (exact) mass is 598 g/mol. The summed E-state index contributed by atoms with van der Waals surface area (Å²) in [5.74, 6) is -1.64. The van der Waals surface area contributed by atoms with Crippen molar-refractivity contribution in [3.63, 3.8) is 0 Å². The first kappa shape index (κ1) is 34.6. The van der Waals surface area contributed by atoms with Gasteiger partial charge >= 0.3 is 5.97 Å². The minimum Gasteiger partial charge on any atom is -0.460 e. The van der Waals surface area contributed by atoms with Gasteiger partial charge in [-0.05, 0) is 87.1 Å². The second kappa shape index (κ2) is 15.2. The first-order chi connectivity index (χ1) is 20.7. The minimum atomic E-state index is -0.788. The number of rotatable bonds is 12. The largest absolute Gasteiger partial charge is 0.460 e. The lowest BCUT2D eigenvalue weighted by molar-refractivity contribution is -0.157. The van der Waals surface area contributed by atoms with Crippen LogP contribution in [-0.2, 0) is 25.5 Å². The lowest BCUT2D eigenvalue weighted by Gasteiger charge is -2.33. The molecule has 3 aromatic rings. The van der Waals surface area contributed by atoms with Crippen LogP contribution in [0.1, 0.15) is 90.5 Å². The Labute approximate surface area is 264 Å². The maximum atomic E-state index is 13.8. The van der Waals surface area contributed by atoms with Gasteiger partial charge in [0.2, 0.25) is 11.8 Å². The smallest absolute Gasteiger partial charge is 0.307 e. The van der Waals surface area contributed by atoms with Crippen LogP contribution >= 0.6 is 0 Å². The van der Waals surface area contributed by atoms with E-state index in [1.54, 1.807) is 0 Å². The molecule has 0 fully saturated rings. The normalized spacial score (nSPS) is 13.8. The number of esters is 1. The van der Waals surface area contributed by atoms with E-state index in [0.717, 1.165) is 17.5 Å². The average Bonchev–Trinajstić information content (AvgIpc) is 2.94. The first-order valence-corrected chi connectivity index (χ1v) is 15.7. The third-order valence-electron chi connectivity index (χ3n) is 7.70. The van der Waals surface area contributed by atoms with E-state index in [-0.39, 0.29) is 24.3 Å². The zero-order valence-corrected chi connectivity index (χ0v) is 27.7. The molecule has 0 heterocycles. The van der Waals surface area contributed by atoms with Crippen LogP contribution < -0.4 is 10.6 Å². The molecular formula is C38H50N2O4. The van der Waals surface area contributed by atoms with Gasteiger partial charge in [0.05, 0.1) is 12.5 Å². The van der Waals surface area contributed by atoms with Crippen molar-refractivity contribution < 1.29 is 19.1 Å². The molecule has 0 spiro atoms. The predicted molar refractivity (Wildman–Crippen MR) is 178 cm³/mol.